The molecule has 1 aromatic heterocycles. The third-order valence-corrected chi connectivity index (χ3v) is 5.88. The zero-order valence-corrected chi connectivity index (χ0v) is 18.5. The van der Waals surface area contributed by atoms with Gasteiger partial charge in [0.1, 0.15) is 5.75 Å². The molecule has 0 aliphatic heterocycles. The summed E-state index contributed by atoms with van der Waals surface area (Å²) < 4.78 is 6.82. The Morgan fingerprint density at radius 2 is 1.83 bits per heavy atom. The van der Waals surface area contributed by atoms with E-state index in [4.69, 9.17) is 4.74 Å². The van der Waals surface area contributed by atoms with Crippen LogP contribution >= 0.6 is 11.8 Å². The Hall–Kier alpha value is -2.80. The molecular formula is C23H27N3O3S. The van der Waals surface area contributed by atoms with Crippen LogP contribution in [0.2, 0.25) is 0 Å². The number of fused-ring (bicyclic) bond motifs is 1. The standard InChI is InChI=1S/C23H27N3O3S/c1-15(2)26-22(28)19-7-5-6-8-20(19)25-23(26)30-16(3)21(27)24-14-13-17-9-11-18(29-4)12-10-17/h5-12,15-16H,13-14H2,1-4H3,(H,24,27)/t16-/m0/s1. The minimum atomic E-state index is -0.376. The summed E-state index contributed by atoms with van der Waals surface area (Å²) in [7, 11) is 1.64. The monoisotopic (exact) mass is 425 g/mol. The van der Waals surface area contributed by atoms with Crippen molar-refractivity contribution in [3.8, 4) is 5.75 Å². The summed E-state index contributed by atoms with van der Waals surface area (Å²) in [5.74, 6) is 0.734. The van der Waals surface area contributed by atoms with Gasteiger partial charge in [-0.25, -0.2) is 4.98 Å². The van der Waals surface area contributed by atoms with Gasteiger partial charge in [0.25, 0.3) is 5.56 Å². The molecule has 3 rings (SSSR count). The Labute approximate surface area is 180 Å². The third kappa shape index (κ3) is 5.02. The van der Waals surface area contributed by atoms with Gasteiger partial charge >= 0.3 is 0 Å². The molecule has 1 N–H and O–H groups in total. The maximum Gasteiger partial charge on any atom is 0.262 e. The topological polar surface area (TPSA) is 73.2 Å². The molecule has 1 amide bonds. The first-order valence-electron chi connectivity index (χ1n) is 9.99. The summed E-state index contributed by atoms with van der Waals surface area (Å²) in [6.45, 7) is 6.26. The molecule has 0 spiro atoms. The number of carbonyl (C=O) groups excluding carboxylic acids is 1. The smallest absolute Gasteiger partial charge is 0.262 e. The summed E-state index contributed by atoms with van der Waals surface area (Å²) in [6.07, 6.45) is 0.734. The molecule has 1 atom stereocenters. The average molecular weight is 426 g/mol. The molecule has 6 nitrogen and oxygen atoms in total. The minimum absolute atomic E-state index is 0.0533. The molecule has 0 saturated heterocycles. The second-order valence-corrected chi connectivity index (χ2v) is 8.64. The first kappa shape index (κ1) is 21.9. The Morgan fingerprint density at radius 1 is 1.13 bits per heavy atom. The molecular weight excluding hydrogens is 398 g/mol. The van der Waals surface area contributed by atoms with Crippen LogP contribution in [0, 0.1) is 0 Å². The van der Waals surface area contributed by atoms with E-state index in [1.807, 2.05) is 63.2 Å². The lowest BCUT2D eigenvalue weighted by Gasteiger charge is -2.18. The van der Waals surface area contributed by atoms with Gasteiger partial charge in [-0.1, -0.05) is 36.0 Å². The van der Waals surface area contributed by atoms with Gasteiger partial charge in [-0.05, 0) is 57.0 Å². The van der Waals surface area contributed by atoms with Crippen LogP contribution in [0.25, 0.3) is 10.9 Å². The quantitative estimate of drug-likeness (QED) is 0.439. The van der Waals surface area contributed by atoms with Crippen LogP contribution in [-0.4, -0.2) is 34.4 Å². The molecule has 0 aliphatic carbocycles. The van der Waals surface area contributed by atoms with E-state index >= 15 is 0 Å². The zero-order valence-electron chi connectivity index (χ0n) is 17.7. The van der Waals surface area contributed by atoms with Gasteiger partial charge < -0.3 is 10.1 Å². The predicted octanol–water partition coefficient (Wildman–Crippen LogP) is 3.83. The van der Waals surface area contributed by atoms with Gasteiger partial charge in [-0.2, -0.15) is 0 Å². The number of hydrogen-bond donors (Lipinski definition) is 1. The molecule has 0 radical (unpaired) electrons. The summed E-state index contributed by atoms with van der Waals surface area (Å²) in [5.41, 5.74) is 1.69. The zero-order chi connectivity index (χ0) is 21.7. The van der Waals surface area contributed by atoms with Crippen LogP contribution in [0.4, 0.5) is 0 Å². The molecule has 0 fully saturated rings. The van der Waals surface area contributed by atoms with Gasteiger partial charge in [0.2, 0.25) is 5.91 Å². The Kier molecular flexibility index (Phi) is 7.15. The fourth-order valence-corrected chi connectivity index (χ4v) is 4.21. The molecule has 2 aromatic carbocycles. The lowest BCUT2D eigenvalue weighted by Crippen LogP contribution is -2.33. The van der Waals surface area contributed by atoms with Crippen molar-refractivity contribution in [1.82, 2.24) is 14.9 Å². The van der Waals surface area contributed by atoms with E-state index in [-0.39, 0.29) is 22.8 Å². The molecule has 0 aliphatic rings. The minimum Gasteiger partial charge on any atom is -0.497 e. The van der Waals surface area contributed by atoms with Gasteiger partial charge in [-0.15, -0.1) is 0 Å². The second kappa shape index (κ2) is 9.80. The number of nitrogens with zero attached hydrogens (tertiary/aromatic N) is 2. The van der Waals surface area contributed by atoms with Crippen LogP contribution in [0.15, 0.2) is 58.5 Å². The van der Waals surface area contributed by atoms with Crippen LogP contribution in [0.3, 0.4) is 0 Å². The summed E-state index contributed by atoms with van der Waals surface area (Å²) in [5, 5.41) is 3.75. The molecule has 0 unspecified atom stereocenters. The molecule has 158 valence electrons. The molecule has 3 aromatic rings. The van der Waals surface area contributed by atoms with E-state index in [1.165, 1.54) is 11.8 Å². The number of benzene rings is 2. The van der Waals surface area contributed by atoms with E-state index in [1.54, 1.807) is 17.7 Å². The van der Waals surface area contributed by atoms with E-state index in [0.29, 0.717) is 22.6 Å². The number of methoxy groups -OCH3 is 1. The first-order valence-corrected chi connectivity index (χ1v) is 10.9. The molecule has 7 heteroatoms. The normalized spacial score (nSPS) is 12.2. The fraction of sp³-hybridized carbons (Fsp3) is 0.348. The van der Waals surface area contributed by atoms with Crippen molar-refractivity contribution in [3.05, 3.63) is 64.4 Å². The highest BCUT2D eigenvalue weighted by Crippen LogP contribution is 2.24. The van der Waals surface area contributed by atoms with Crippen molar-refractivity contribution in [1.29, 1.82) is 0 Å². The Balaban J connectivity index is 1.67. The Morgan fingerprint density at radius 3 is 2.50 bits per heavy atom. The number of amides is 1. The van der Waals surface area contributed by atoms with Crippen molar-refractivity contribution in [3.63, 3.8) is 0 Å². The molecule has 0 bridgehead atoms. The van der Waals surface area contributed by atoms with Crippen LogP contribution in [0.5, 0.6) is 5.75 Å². The number of carbonyl (C=O) groups is 1. The number of para-hydroxylation sites is 1. The van der Waals surface area contributed by atoms with Crippen LogP contribution in [0.1, 0.15) is 32.4 Å². The van der Waals surface area contributed by atoms with Crippen molar-refractivity contribution in [2.24, 2.45) is 0 Å². The number of hydrogen-bond acceptors (Lipinski definition) is 5. The highest BCUT2D eigenvalue weighted by molar-refractivity contribution is 8.00. The maximum absolute atomic E-state index is 12.9. The summed E-state index contributed by atoms with van der Waals surface area (Å²) >= 11 is 1.31. The number of nitrogens with one attached hydrogen (secondary N) is 1. The highest BCUT2D eigenvalue weighted by atomic mass is 32.2. The third-order valence-electron chi connectivity index (χ3n) is 4.82. The van der Waals surface area contributed by atoms with E-state index in [0.717, 1.165) is 17.7 Å². The molecule has 1 heterocycles. The van der Waals surface area contributed by atoms with Crippen molar-refractivity contribution in [2.75, 3.05) is 13.7 Å². The SMILES string of the molecule is COc1ccc(CCNC(=O)[C@H](C)Sc2nc3ccccc3c(=O)n2C(C)C)cc1. The van der Waals surface area contributed by atoms with Crippen LogP contribution < -0.4 is 15.6 Å². The summed E-state index contributed by atoms with van der Waals surface area (Å²) in [4.78, 5) is 30.2. The number of ether oxygens (including phenoxy) is 1. The molecule has 30 heavy (non-hydrogen) atoms. The largest absolute Gasteiger partial charge is 0.497 e. The van der Waals surface area contributed by atoms with E-state index in [9.17, 15) is 9.59 Å². The van der Waals surface area contributed by atoms with Crippen LogP contribution in [-0.2, 0) is 11.2 Å². The van der Waals surface area contributed by atoms with Crippen molar-refractivity contribution < 1.29 is 9.53 Å². The average Bonchev–Trinajstić information content (AvgIpc) is 2.74. The van der Waals surface area contributed by atoms with E-state index < -0.39 is 0 Å². The second-order valence-electron chi connectivity index (χ2n) is 7.33. The van der Waals surface area contributed by atoms with Crippen molar-refractivity contribution >= 4 is 28.6 Å². The summed E-state index contributed by atoms with van der Waals surface area (Å²) in [6, 6.07) is 15.0. The van der Waals surface area contributed by atoms with E-state index in [2.05, 4.69) is 10.3 Å². The van der Waals surface area contributed by atoms with Gasteiger partial charge in [-0.3, -0.25) is 14.2 Å². The lowest BCUT2D eigenvalue weighted by atomic mass is 10.1. The number of thioether (sulfide) groups is 1. The maximum atomic E-state index is 12.9. The van der Waals surface area contributed by atoms with Gasteiger partial charge in [0, 0.05) is 12.6 Å². The Bertz CT molecular complexity index is 1080. The van der Waals surface area contributed by atoms with Gasteiger partial charge in [0.15, 0.2) is 5.16 Å². The van der Waals surface area contributed by atoms with Crippen molar-refractivity contribution in [2.45, 2.75) is 43.6 Å². The highest BCUT2D eigenvalue weighted by Gasteiger charge is 2.20. The first-order chi connectivity index (χ1) is 14.4. The predicted molar refractivity (Wildman–Crippen MR) is 121 cm³/mol. The lowest BCUT2D eigenvalue weighted by molar-refractivity contribution is -0.120. The number of rotatable bonds is 8. The molecule has 0 saturated carbocycles. The number of aromatic nitrogens is 2. The van der Waals surface area contributed by atoms with Gasteiger partial charge in [0.05, 0.1) is 23.3 Å². The fourth-order valence-electron chi connectivity index (χ4n) is 3.14.